The van der Waals surface area contributed by atoms with Gasteiger partial charge in [0.25, 0.3) is 0 Å². The molecule has 0 saturated heterocycles. The third kappa shape index (κ3) is 10.3. The first-order valence-electron chi connectivity index (χ1n) is 10.5. The smallest absolute Gasteiger partial charge is 0.338 e. The molecule has 0 aliphatic heterocycles. The average molecular weight is 347 g/mol. The molecule has 2 heteroatoms. The summed E-state index contributed by atoms with van der Waals surface area (Å²) in [5.74, 6) is -0.147. The molecule has 0 heterocycles. The minimum atomic E-state index is -0.147. The van der Waals surface area contributed by atoms with Crippen LogP contribution in [-0.4, -0.2) is 12.6 Å². The molecule has 0 aliphatic carbocycles. The first-order chi connectivity index (χ1) is 12.3. The van der Waals surface area contributed by atoms with Crippen LogP contribution in [0.1, 0.15) is 107 Å². The number of carbonyl (C=O) groups is 1. The van der Waals surface area contributed by atoms with Gasteiger partial charge < -0.3 is 4.74 Å². The molecule has 0 fully saturated rings. The fourth-order valence-electron chi connectivity index (χ4n) is 3.16. The van der Waals surface area contributed by atoms with Crippen molar-refractivity contribution in [3.05, 3.63) is 35.4 Å². The van der Waals surface area contributed by atoms with E-state index in [4.69, 9.17) is 4.74 Å². The third-order valence-corrected chi connectivity index (χ3v) is 4.77. The molecular weight excluding hydrogens is 308 g/mol. The fraction of sp³-hybridized carbons (Fsp3) is 0.696. The summed E-state index contributed by atoms with van der Waals surface area (Å²) in [7, 11) is 0. The van der Waals surface area contributed by atoms with Crippen molar-refractivity contribution in [1.82, 2.24) is 0 Å². The van der Waals surface area contributed by atoms with Gasteiger partial charge in [0.15, 0.2) is 0 Å². The molecule has 1 aromatic rings. The monoisotopic (exact) mass is 346 g/mol. The number of hydrogen-bond donors (Lipinski definition) is 0. The maximum absolute atomic E-state index is 12.3. The molecule has 2 nitrogen and oxygen atoms in total. The lowest BCUT2D eigenvalue weighted by atomic mass is 10.00. The molecular formula is C23H38O2. The molecule has 142 valence electrons. The lowest BCUT2D eigenvalue weighted by molar-refractivity contribution is 0.0496. The molecule has 0 atom stereocenters. The van der Waals surface area contributed by atoms with E-state index >= 15 is 0 Å². The Kier molecular flexibility index (Phi) is 13.0. The summed E-state index contributed by atoms with van der Waals surface area (Å²) in [6, 6.07) is 7.95. The van der Waals surface area contributed by atoms with Crippen molar-refractivity contribution >= 4 is 5.97 Å². The predicted octanol–water partition coefficient (Wildman–Crippen LogP) is 7.11. The Hall–Kier alpha value is -1.31. The van der Waals surface area contributed by atoms with Crippen LogP contribution in [0.3, 0.4) is 0 Å². The molecule has 0 aliphatic rings. The van der Waals surface area contributed by atoms with Crippen LogP contribution in [0.2, 0.25) is 0 Å². The van der Waals surface area contributed by atoms with Gasteiger partial charge in [-0.05, 0) is 30.9 Å². The summed E-state index contributed by atoms with van der Waals surface area (Å²) >= 11 is 0. The van der Waals surface area contributed by atoms with Crippen molar-refractivity contribution in [3.8, 4) is 0 Å². The van der Waals surface area contributed by atoms with E-state index in [0.29, 0.717) is 6.61 Å². The predicted molar refractivity (Wildman–Crippen MR) is 107 cm³/mol. The Morgan fingerprint density at radius 3 is 2.00 bits per heavy atom. The number of unbranched alkanes of at least 4 members (excludes halogenated alkanes) is 10. The Bertz CT molecular complexity index is 453. The molecule has 25 heavy (non-hydrogen) atoms. The van der Waals surface area contributed by atoms with Crippen molar-refractivity contribution < 1.29 is 9.53 Å². The van der Waals surface area contributed by atoms with Gasteiger partial charge in [-0.3, -0.25) is 0 Å². The SMILES string of the molecule is CCCCCCCCCCc1ccccc1C(=O)OCCCCCC. The maximum atomic E-state index is 12.3. The van der Waals surface area contributed by atoms with Gasteiger partial charge in [0.05, 0.1) is 12.2 Å². The van der Waals surface area contributed by atoms with Crippen LogP contribution in [-0.2, 0) is 11.2 Å². The zero-order valence-corrected chi connectivity index (χ0v) is 16.5. The van der Waals surface area contributed by atoms with E-state index in [9.17, 15) is 4.79 Å². The van der Waals surface area contributed by atoms with Crippen LogP contribution in [0, 0.1) is 0 Å². The zero-order chi connectivity index (χ0) is 18.2. The van der Waals surface area contributed by atoms with Gasteiger partial charge >= 0.3 is 5.97 Å². The molecule has 1 aromatic carbocycles. The number of rotatable bonds is 15. The Morgan fingerprint density at radius 2 is 1.32 bits per heavy atom. The standard InChI is InChI=1S/C23H38O2/c1-3-5-7-9-10-11-12-13-17-21-18-14-15-19-22(21)23(24)25-20-16-8-6-4-2/h14-15,18-19H,3-13,16-17,20H2,1-2H3. The Labute approximate surface area is 155 Å². The van der Waals surface area contributed by atoms with E-state index in [1.165, 1.54) is 57.8 Å². The Balaban J connectivity index is 2.27. The summed E-state index contributed by atoms with van der Waals surface area (Å²) in [6.07, 6.45) is 16.0. The van der Waals surface area contributed by atoms with Gasteiger partial charge in [-0.25, -0.2) is 4.79 Å². The third-order valence-electron chi connectivity index (χ3n) is 4.77. The van der Waals surface area contributed by atoms with Gasteiger partial charge in [-0.15, -0.1) is 0 Å². The maximum Gasteiger partial charge on any atom is 0.338 e. The number of hydrogen-bond acceptors (Lipinski definition) is 2. The number of carbonyl (C=O) groups excluding carboxylic acids is 1. The largest absolute Gasteiger partial charge is 0.462 e. The normalized spacial score (nSPS) is 10.8. The summed E-state index contributed by atoms with van der Waals surface area (Å²) in [6.45, 7) is 4.99. The minimum Gasteiger partial charge on any atom is -0.462 e. The second-order valence-corrected chi connectivity index (χ2v) is 7.08. The van der Waals surface area contributed by atoms with Gasteiger partial charge in [0, 0.05) is 0 Å². The van der Waals surface area contributed by atoms with Crippen molar-refractivity contribution in [2.24, 2.45) is 0 Å². The first kappa shape index (κ1) is 21.7. The van der Waals surface area contributed by atoms with Gasteiger partial charge in [-0.2, -0.15) is 0 Å². The number of benzene rings is 1. The van der Waals surface area contributed by atoms with E-state index in [0.717, 1.165) is 36.8 Å². The van der Waals surface area contributed by atoms with Crippen molar-refractivity contribution in [3.63, 3.8) is 0 Å². The van der Waals surface area contributed by atoms with E-state index in [1.807, 2.05) is 18.2 Å². The van der Waals surface area contributed by atoms with Crippen molar-refractivity contribution in [2.75, 3.05) is 6.61 Å². The molecule has 0 amide bonds. The van der Waals surface area contributed by atoms with Crippen LogP contribution >= 0.6 is 0 Å². The van der Waals surface area contributed by atoms with Crippen LogP contribution in [0.15, 0.2) is 24.3 Å². The molecule has 0 bridgehead atoms. The summed E-state index contributed by atoms with van der Waals surface area (Å²) in [4.78, 5) is 12.3. The second kappa shape index (κ2) is 15.0. The van der Waals surface area contributed by atoms with E-state index < -0.39 is 0 Å². The van der Waals surface area contributed by atoms with Gasteiger partial charge in [0.1, 0.15) is 0 Å². The lowest BCUT2D eigenvalue weighted by Gasteiger charge is -2.10. The summed E-state index contributed by atoms with van der Waals surface area (Å²) in [5, 5.41) is 0. The van der Waals surface area contributed by atoms with Crippen LogP contribution < -0.4 is 0 Å². The van der Waals surface area contributed by atoms with Crippen LogP contribution in [0.25, 0.3) is 0 Å². The quantitative estimate of drug-likeness (QED) is 0.250. The molecule has 0 aromatic heterocycles. The molecule has 0 unspecified atom stereocenters. The molecule has 0 spiro atoms. The minimum absolute atomic E-state index is 0.147. The highest BCUT2D eigenvalue weighted by Crippen LogP contribution is 2.16. The zero-order valence-electron chi connectivity index (χ0n) is 16.5. The van der Waals surface area contributed by atoms with Crippen LogP contribution in [0.4, 0.5) is 0 Å². The molecule has 0 radical (unpaired) electrons. The van der Waals surface area contributed by atoms with E-state index in [1.54, 1.807) is 0 Å². The number of aryl methyl sites for hydroxylation is 1. The summed E-state index contributed by atoms with van der Waals surface area (Å²) in [5.41, 5.74) is 1.91. The van der Waals surface area contributed by atoms with Crippen LogP contribution in [0.5, 0.6) is 0 Å². The van der Waals surface area contributed by atoms with E-state index in [-0.39, 0.29) is 5.97 Å². The number of esters is 1. The molecule has 0 saturated carbocycles. The first-order valence-corrected chi connectivity index (χ1v) is 10.5. The topological polar surface area (TPSA) is 26.3 Å². The fourth-order valence-corrected chi connectivity index (χ4v) is 3.16. The molecule has 0 N–H and O–H groups in total. The highest BCUT2D eigenvalue weighted by Gasteiger charge is 2.11. The van der Waals surface area contributed by atoms with Gasteiger partial charge in [-0.1, -0.05) is 96.3 Å². The Morgan fingerprint density at radius 1 is 0.760 bits per heavy atom. The van der Waals surface area contributed by atoms with Gasteiger partial charge in [0.2, 0.25) is 0 Å². The average Bonchev–Trinajstić information content (AvgIpc) is 2.64. The van der Waals surface area contributed by atoms with E-state index in [2.05, 4.69) is 19.9 Å². The van der Waals surface area contributed by atoms with Crippen molar-refractivity contribution in [1.29, 1.82) is 0 Å². The highest BCUT2D eigenvalue weighted by molar-refractivity contribution is 5.91. The van der Waals surface area contributed by atoms with Crippen molar-refractivity contribution in [2.45, 2.75) is 97.3 Å². The highest BCUT2D eigenvalue weighted by atomic mass is 16.5. The summed E-state index contributed by atoms with van der Waals surface area (Å²) < 4.78 is 5.46. The lowest BCUT2D eigenvalue weighted by Crippen LogP contribution is -2.09. The molecule has 1 rings (SSSR count). The second-order valence-electron chi connectivity index (χ2n) is 7.08. The number of ether oxygens (including phenoxy) is 1.